The average molecular weight is 399 g/mol. The number of ether oxygens (including phenoxy) is 3. The molecule has 0 aliphatic carbocycles. The van der Waals surface area contributed by atoms with E-state index in [2.05, 4.69) is 9.72 Å². The Bertz CT molecular complexity index is 640. The number of nitrogens with zero attached hydrogens (tertiary/aromatic N) is 2. The van der Waals surface area contributed by atoms with Crippen LogP contribution in [0.4, 0.5) is 4.79 Å². The first-order chi connectivity index (χ1) is 12.7. The fraction of sp³-hybridized carbons (Fsp3) is 0.737. The number of carbonyl (C=O) groups excluding carboxylic acids is 2. The quantitative estimate of drug-likeness (QED) is 0.651. The van der Waals surface area contributed by atoms with Crippen molar-refractivity contribution in [2.75, 3.05) is 20.3 Å². The molecule has 0 bridgehead atoms. The number of aromatic nitrogens is 1. The fourth-order valence-electron chi connectivity index (χ4n) is 3.05. The standard InChI is InChI=1S/C19H30N2O5S/c1-6-25-12-13-7-9-15(21(13)18(23)26-19(2,3)4)17-20-11-14(27-17)8-10-16(22)24-5/h11,13,15H,6-10,12H2,1-5H3/t13-,15-/m0/s1. The molecule has 1 saturated heterocycles. The van der Waals surface area contributed by atoms with Crippen molar-refractivity contribution >= 4 is 23.4 Å². The second-order valence-corrected chi connectivity index (χ2v) is 8.68. The van der Waals surface area contributed by atoms with Crippen LogP contribution in [0.1, 0.15) is 62.9 Å². The molecule has 2 heterocycles. The molecule has 152 valence electrons. The molecule has 2 rings (SSSR count). The fourth-order valence-corrected chi connectivity index (χ4v) is 4.10. The van der Waals surface area contributed by atoms with Crippen LogP contribution in [0.2, 0.25) is 0 Å². The summed E-state index contributed by atoms with van der Waals surface area (Å²) in [4.78, 5) is 31.5. The molecule has 0 N–H and O–H groups in total. The molecule has 7 nitrogen and oxygen atoms in total. The normalized spacial score (nSPS) is 20.0. The molecule has 1 aromatic heterocycles. The van der Waals surface area contributed by atoms with Crippen molar-refractivity contribution in [2.45, 2.75) is 71.1 Å². The van der Waals surface area contributed by atoms with Gasteiger partial charge in [0.1, 0.15) is 10.6 Å². The summed E-state index contributed by atoms with van der Waals surface area (Å²) in [5, 5.41) is 0.875. The summed E-state index contributed by atoms with van der Waals surface area (Å²) in [6, 6.07) is -0.144. The molecule has 1 aliphatic heterocycles. The van der Waals surface area contributed by atoms with Crippen LogP contribution in [0.3, 0.4) is 0 Å². The third-order valence-corrected chi connectivity index (χ3v) is 5.44. The molecule has 1 fully saturated rings. The smallest absolute Gasteiger partial charge is 0.411 e. The molecule has 0 saturated carbocycles. The van der Waals surface area contributed by atoms with Gasteiger partial charge in [-0.1, -0.05) is 0 Å². The predicted octanol–water partition coefficient (Wildman–Crippen LogP) is 3.73. The van der Waals surface area contributed by atoms with E-state index in [4.69, 9.17) is 9.47 Å². The maximum Gasteiger partial charge on any atom is 0.411 e. The number of likely N-dealkylation sites (tertiary alicyclic amines) is 1. The molecule has 1 aromatic rings. The number of hydrogen-bond donors (Lipinski definition) is 0. The van der Waals surface area contributed by atoms with Crippen molar-refractivity contribution < 1.29 is 23.8 Å². The van der Waals surface area contributed by atoms with Crippen molar-refractivity contribution in [1.29, 1.82) is 0 Å². The third kappa shape index (κ3) is 6.17. The van der Waals surface area contributed by atoms with Crippen LogP contribution in [0, 0.1) is 0 Å². The minimum atomic E-state index is -0.561. The van der Waals surface area contributed by atoms with E-state index in [0.29, 0.717) is 26.1 Å². The summed E-state index contributed by atoms with van der Waals surface area (Å²) in [5.41, 5.74) is -0.561. The maximum absolute atomic E-state index is 12.8. The van der Waals surface area contributed by atoms with Crippen LogP contribution in [0.25, 0.3) is 0 Å². The highest BCUT2D eigenvalue weighted by Crippen LogP contribution is 2.39. The van der Waals surface area contributed by atoms with E-state index in [9.17, 15) is 9.59 Å². The Balaban J connectivity index is 2.14. The SMILES string of the molecule is CCOC[C@@H]1CC[C@@H](c2ncc(CCC(=O)OC)s2)N1C(=O)OC(C)(C)C. The second-order valence-electron chi connectivity index (χ2n) is 7.53. The zero-order valence-electron chi connectivity index (χ0n) is 16.8. The summed E-state index contributed by atoms with van der Waals surface area (Å²) >= 11 is 1.54. The van der Waals surface area contributed by atoms with Gasteiger partial charge >= 0.3 is 12.1 Å². The number of hydrogen-bond acceptors (Lipinski definition) is 7. The Morgan fingerprint density at radius 2 is 2.07 bits per heavy atom. The highest BCUT2D eigenvalue weighted by molar-refractivity contribution is 7.11. The van der Waals surface area contributed by atoms with Crippen molar-refractivity contribution in [3.63, 3.8) is 0 Å². The van der Waals surface area contributed by atoms with Crippen LogP contribution in [0.15, 0.2) is 6.20 Å². The van der Waals surface area contributed by atoms with Gasteiger partial charge in [0.2, 0.25) is 0 Å². The van der Waals surface area contributed by atoms with E-state index in [1.807, 2.05) is 27.7 Å². The van der Waals surface area contributed by atoms with Crippen LogP contribution in [-0.4, -0.2) is 53.9 Å². The monoisotopic (exact) mass is 398 g/mol. The Hall–Kier alpha value is -1.67. The maximum atomic E-state index is 12.8. The average Bonchev–Trinajstić information content (AvgIpc) is 3.22. The predicted molar refractivity (Wildman–Crippen MR) is 103 cm³/mol. The number of amides is 1. The molecule has 1 aliphatic rings. The number of methoxy groups -OCH3 is 1. The van der Waals surface area contributed by atoms with Gasteiger partial charge in [0.25, 0.3) is 0 Å². The van der Waals surface area contributed by atoms with Gasteiger partial charge in [0, 0.05) is 17.7 Å². The second kappa shape index (κ2) is 9.50. The van der Waals surface area contributed by atoms with Gasteiger partial charge in [-0.05, 0) is 47.0 Å². The Kier molecular flexibility index (Phi) is 7.61. The Labute approximate surface area is 165 Å². The number of thiazole rings is 1. The van der Waals surface area contributed by atoms with E-state index in [0.717, 1.165) is 22.7 Å². The van der Waals surface area contributed by atoms with Gasteiger partial charge in [0.15, 0.2) is 0 Å². The van der Waals surface area contributed by atoms with Crippen molar-refractivity contribution in [3.05, 3.63) is 16.1 Å². The molecule has 27 heavy (non-hydrogen) atoms. The summed E-state index contributed by atoms with van der Waals surface area (Å²) in [6.45, 7) is 8.63. The largest absolute Gasteiger partial charge is 0.469 e. The van der Waals surface area contributed by atoms with Crippen molar-refractivity contribution in [2.24, 2.45) is 0 Å². The summed E-state index contributed by atoms with van der Waals surface area (Å²) in [5.74, 6) is -0.238. The highest BCUT2D eigenvalue weighted by atomic mass is 32.1. The lowest BCUT2D eigenvalue weighted by atomic mass is 10.2. The number of aryl methyl sites for hydroxylation is 1. The van der Waals surface area contributed by atoms with Gasteiger partial charge in [-0.15, -0.1) is 11.3 Å². The first-order valence-electron chi connectivity index (χ1n) is 9.35. The van der Waals surface area contributed by atoms with E-state index in [1.165, 1.54) is 18.4 Å². The molecule has 0 spiro atoms. The third-order valence-electron chi connectivity index (χ3n) is 4.28. The van der Waals surface area contributed by atoms with Crippen molar-refractivity contribution in [3.8, 4) is 0 Å². The number of esters is 1. The summed E-state index contributed by atoms with van der Waals surface area (Å²) < 4.78 is 15.9. The van der Waals surface area contributed by atoms with E-state index >= 15 is 0 Å². The zero-order valence-corrected chi connectivity index (χ0v) is 17.6. The number of rotatable bonds is 7. The lowest BCUT2D eigenvalue weighted by molar-refractivity contribution is -0.140. The molecule has 0 aromatic carbocycles. The van der Waals surface area contributed by atoms with Crippen LogP contribution in [0.5, 0.6) is 0 Å². The molecule has 2 atom stereocenters. The molecular formula is C19H30N2O5S. The number of carbonyl (C=O) groups is 2. The van der Waals surface area contributed by atoms with E-state index in [1.54, 1.807) is 11.1 Å². The molecule has 8 heteroatoms. The molecule has 0 unspecified atom stereocenters. The summed E-state index contributed by atoms with van der Waals surface area (Å²) in [6.07, 6.45) is 4.03. The molecule has 1 amide bonds. The van der Waals surface area contributed by atoms with E-state index < -0.39 is 5.60 Å². The molecular weight excluding hydrogens is 368 g/mol. The Morgan fingerprint density at radius 1 is 1.33 bits per heavy atom. The van der Waals surface area contributed by atoms with Crippen molar-refractivity contribution in [1.82, 2.24) is 9.88 Å². The van der Waals surface area contributed by atoms with Gasteiger partial charge in [-0.2, -0.15) is 0 Å². The highest BCUT2D eigenvalue weighted by Gasteiger charge is 2.41. The topological polar surface area (TPSA) is 78.0 Å². The first kappa shape index (κ1) is 21.6. The van der Waals surface area contributed by atoms with E-state index in [-0.39, 0.29) is 24.1 Å². The van der Waals surface area contributed by atoms with Crippen LogP contribution >= 0.6 is 11.3 Å². The van der Waals surface area contributed by atoms with Crippen LogP contribution < -0.4 is 0 Å². The minimum absolute atomic E-state index is 0.0211. The Morgan fingerprint density at radius 3 is 2.70 bits per heavy atom. The van der Waals surface area contributed by atoms with Gasteiger partial charge in [0.05, 0.1) is 32.2 Å². The van der Waals surface area contributed by atoms with Gasteiger partial charge < -0.3 is 14.2 Å². The van der Waals surface area contributed by atoms with Gasteiger partial charge in [-0.3, -0.25) is 9.69 Å². The summed E-state index contributed by atoms with van der Waals surface area (Å²) in [7, 11) is 1.39. The van der Waals surface area contributed by atoms with Gasteiger partial charge in [-0.25, -0.2) is 9.78 Å². The lowest BCUT2D eigenvalue weighted by Crippen LogP contribution is -2.43. The lowest BCUT2D eigenvalue weighted by Gasteiger charge is -2.31. The van der Waals surface area contributed by atoms with Crippen LogP contribution in [-0.2, 0) is 25.4 Å². The molecule has 0 radical (unpaired) electrons. The first-order valence-corrected chi connectivity index (χ1v) is 10.2. The minimum Gasteiger partial charge on any atom is -0.469 e. The zero-order chi connectivity index (χ0) is 20.0.